The van der Waals surface area contributed by atoms with Crippen LogP contribution in [0.5, 0.6) is 0 Å². The van der Waals surface area contributed by atoms with E-state index in [4.69, 9.17) is 23.2 Å². The molecule has 18 heavy (non-hydrogen) atoms. The SMILES string of the molecule is Cn1nccc1CCNc1c(Cl)cc(F)cc1Cl. The van der Waals surface area contributed by atoms with E-state index in [1.54, 1.807) is 10.9 Å². The third kappa shape index (κ3) is 2.94. The summed E-state index contributed by atoms with van der Waals surface area (Å²) in [6, 6.07) is 4.41. The molecule has 1 aromatic heterocycles. The van der Waals surface area contributed by atoms with Gasteiger partial charge in [-0.3, -0.25) is 4.68 Å². The van der Waals surface area contributed by atoms with Crippen LogP contribution in [0.3, 0.4) is 0 Å². The number of benzene rings is 1. The summed E-state index contributed by atoms with van der Waals surface area (Å²) in [5.74, 6) is -0.442. The molecule has 1 heterocycles. The third-order valence-electron chi connectivity index (χ3n) is 2.61. The molecule has 0 atom stereocenters. The molecule has 0 bridgehead atoms. The molecule has 2 rings (SSSR count). The molecule has 0 unspecified atom stereocenters. The third-order valence-corrected chi connectivity index (χ3v) is 3.21. The Morgan fingerprint density at radius 2 is 2.00 bits per heavy atom. The number of rotatable bonds is 4. The normalized spacial score (nSPS) is 10.7. The van der Waals surface area contributed by atoms with E-state index in [1.807, 2.05) is 13.1 Å². The lowest BCUT2D eigenvalue weighted by Crippen LogP contribution is -2.09. The van der Waals surface area contributed by atoms with Gasteiger partial charge in [0.1, 0.15) is 5.82 Å². The van der Waals surface area contributed by atoms with Gasteiger partial charge in [-0.05, 0) is 18.2 Å². The highest BCUT2D eigenvalue weighted by Crippen LogP contribution is 2.31. The Bertz CT molecular complexity index is 531. The van der Waals surface area contributed by atoms with Gasteiger partial charge in [0.25, 0.3) is 0 Å². The number of aromatic nitrogens is 2. The van der Waals surface area contributed by atoms with E-state index in [9.17, 15) is 4.39 Å². The summed E-state index contributed by atoms with van der Waals surface area (Å²) in [5.41, 5.74) is 1.65. The number of halogens is 3. The number of hydrogen-bond acceptors (Lipinski definition) is 2. The van der Waals surface area contributed by atoms with Gasteiger partial charge in [0.2, 0.25) is 0 Å². The van der Waals surface area contributed by atoms with Gasteiger partial charge in [-0.15, -0.1) is 0 Å². The zero-order valence-electron chi connectivity index (χ0n) is 9.75. The van der Waals surface area contributed by atoms with Gasteiger partial charge in [-0.25, -0.2) is 4.39 Å². The van der Waals surface area contributed by atoms with Gasteiger partial charge in [0.05, 0.1) is 15.7 Å². The van der Waals surface area contributed by atoms with Crippen LogP contribution < -0.4 is 5.32 Å². The predicted molar refractivity (Wildman–Crippen MR) is 71.8 cm³/mol. The van der Waals surface area contributed by atoms with E-state index in [0.29, 0.717) is 12.2 Å². The second-order valence-corrected chi connectivity index (χ2v) is 4.68. The summed E-state index contributed by atoms with van der Waals surface area (Å²) in [6.45, 7) is 0.643. The standard InChI is InChI=1S/C12H12Cl2FN3/c1-18-9(3-5-17-18)2-4-16-12-10(13)6-8(15)7-11(12)14/h3,5-7,16H,2,4H2,1H3. The fraction of sp³-hybridized carbons (Fsp3) is 0.250. The highest BCUT2D eigenvalue weighted by molar-refractivity contribution is 6.39. The molecule has 0 fully saturated rings. The van der Waals surface area contributed by atoms with Crippen LogP contribution >= 0.6 is 23.2 Å². The van der Waals surface area contributed by atoms with E-state index in [1.165, 1.54) is 12.1 Å². The molecule has 1 N–H and O–H groups in total. The molecule has 3 nitrogen and oxygen atoms in total. The Hall–Kier alpha value is -1.26. The van der Waals surface area contributed by atoms with E-state index < -0.39 is 5.82 Å². The summed E-state index contributed by atoms with van der Waals surface area (Å²) >= 11 is 11.8. The van der Waals surface area contributed by atoms with Gasteiger partial charge >= 0.3 is 0 Å². The number of anilines is 1. The zero-order chi connectivity index (χ0) is 13.1. The average molecular weight is 288 g/mol. The Labute approximate surface area is 115 Å². The maximum Gasteiger partial charge on any atom is 0.126 e. The second kappa shape index (κ2) is 5.59. The van der Waals surface area contributed by atoms with Crippen molar-refractivity contribution in [1.29, 1.82) is 0 Å². The molecule has 0 aliphatic rings. The molecule has 0 saturated heterocycles. The van der Waals surface area contributed by atoms with Crippen molar-refractivity contribution < 1.29 is 4.39 Å². The summed E-state index contributed by atoms with van der Waals surface area (Å²) in [6.07, 6.45) is 2.52. The molecular weight excluding hydrogens is 276 g/mol. The Morgan fingerprint density at radius 1 is 1.33 bits per heavy atom. The van der Waals surface area contributed by atoms with Crippen LogP contribution in [0, 0.1) is 5.82 Å². The number of hydrogen-bond donors (Lipinski definition) is 1. The minimum absolute atomic E-state index is 0.282. The second-order valence-electron chi connectivity index (χ2n) is 3.87. The van der Waals surface area contributed by atoms with Gasteiger partial charge in [-0.2, -0.15) is 5.10 Å². The smallest absolute Gasteiger partial charge is 0.126 e. The van der Waals surface area contributed by atoms with Crippen LogP contribution in [0.1, 0.15) is 5.69 Å². The fourth-order valence-electron chi connectivity index (χ4n) is 1.67. The fourth-order valence-corrected chi connectivity index (χ4v) is 2.27. The maximum absolute atomic E-state index is 13.0. The first-order valence-electron chi connectivity index (χ1n) is 5.43. The molecule has 2 aromatic rings. The summed E-state index contributed by atoms with van der Waals surface area (Å²) < 4.78 is 14.8. The highest BCUT2D eigenvalue weighted by Gasteiger charge is 2.08. The van der Waals surface area contributed by atoms with E-state index in [2.05, 4.69) is 10.4 Å². The van der Waals surface area contributed by atoms with Gasteiger partial charge in [0, 0.05) is 31.9 Å². The van der Waals surface area contributed by atoms with Crippen molar-refractivity contribution in [2.75, 3.05) is 11.9 Å². The van der Waals surface area contributed by atoms with Crippen molar-refractivity contribution >= 4 is 28.9 Å². The van der Waals surface area contributed by atoms with Crippen molar-refractivity contribution in [3.05, 3.63) is 46.0 Å². The monoisotopic (exact) mass is 287 g/mol. The Balaban J connectivity index is 2.01. The van der Waals surface area contributed by atoms with E-state index in [0.717, 1.165) is 12.1 Å². The van der Waals surface area contributed by atoms with Crippen LogP contribution in [0.15, 0.2) is 24.4 Å². The van der Waals surface area contributed by atoms with Crippen molar-refractivity contribution in [1.82, 2.24) is 9.78 Å². The van der Waals surface area contributed by atoms with Crippen molar-refractivity contribution in [3.63, 3.8) is 0 Å². The molecule has 0 aliphatic carbocycles. The molecule has 0 aliphatic heterocycles. The first kappa shape index (κ1) is 13.2. The highest BCUT2D eigenvalue weighted by atomic mass is 35.5. The number of nitrogens with zero attached hydrogens (tertiary/aromatic N) is 2. The molecule has 0 radical (unpaired) electrons. The van der Waals surface area contributed by atoms with Gasteiger partial charge in [-0.1, -0.05) is 23.2 Å². The molecule has 1 aromatic carbocycles. The van der Waals surface area contributed by atoms with E-state index >= 15 is 0 Å². The number of nitrogens with one attached hydrogen (secondary N) is 1. The maximum atomic E-state index is 13.0. The summed E-state index contributed by atoms with van der Waals surface area (Å²) in [5, 5.41) is 7.74. The van der Waals surface area contributed by atoms with Crippen molar-refractivity contribution in [2.24, 2.45) is 7.05 Å². The lowest BCUT2D eigenvalue weighted by Gasteiger charge is -2.10. The largest absolute Gasteiger partial charge is 0.382 e. The number of aryl methyl sites for hydroxylation is 1. The predicted octanol–water partition coefficient (Wildman–Crippen LogP) is 3.52. The molecule has 0 saturated carbocycles. The lowest BCUT2D eigenvalue weighted by atomic mass is 10.2. The van der Waals surface area contributed by atoms with Gasteiger partial charge in [0.15, 0.2) is 0 Å². The van der Waals surface area contributed by atoms with Crippen LogP contribution in [0.2, 0.25) is 10.0 Å². The lowest BCUT2D eigenvalue weighted by molar-refractivity contribution is 0.628. The Morgan fingerprint density at radius 3 is 2.56 bits per heavy atom. The van der Waals surface area contributed by atoms with Crippen LogP contribution in [-0.2, 0) is 13.5 Å². The quantitative estimate of drug-likeness (QED) is 0.932. The minimum Gasteiger partial charge on any atom is -0.382 e. The van der Waals surface area contributed by atoms with Crippen LogP contribution in [0.4, 0.5) is 10.1 Å². The summed E-state index contributed by atoms with van der Waals surface area (Å²) in [7, 11) is 1.88. The molecule has 0 amide bonds. The van der Waals surface area contributed by atoms with Crippen LogP contribution in [0.25, 0.3) is 0 Å². The first-order chi connectivity index (χ1) is 8.58. The molecule has 96 valence electrons. The Kier molecular flexibility index (Phi) is 4.09. The van der Waals surface area contributed by atoms with Crippen molar-refractivity contribution in [2.45, 2.75) is 6.42 Å². The summed E-state index contributed by atoms with van der Waals surface area (Å²) in [4.78, 5) is 0. The minimum atomic E-state index is -0.442. The average Bonchev–Trinajstić information content (AvgIpc) is 2.68. The first-order valence-corrected chi connectivity index (χ1v) is 6.19. The van der Waals surface area contributed by atoms with Crippen molar-refractivity contribution in [3.8, 4) is 0 Å². The molecule has 6 heteroatoms. The zero-order valence-corrected chi connectivity index (χ0v) is 11.3. The van der Waals surface area contributed by atoms with E-state index in [-0.39, 0.29) is 10.0 Å². The molecule has 0 spiro atoms. The van der Waals surface area contributed by atoms with Gasteiger partial charge < -0.3 is 5.32 Å². The molecular formula is C12H12Cl2FN3. The van der Waals surface area contributed by atoms with Crippen LogP contribution in [-0.4, -0.2) is 16.3 Å². The topological polar surface area (TPSA) is 29.9 Å².